The Kier molecular flexibility index (Phi) is 6.05. The molecule has 2 aromatic rings. The van der Waals surface area contributed by atoms with Gasteiger partial charge in [-0.15, -0.1) is 0 Å². The molecule has 1 atom stereocenters. The molecule has 28 heavy (non-hydrogen) atoms. The molecule has 7 heteroatoms. The molecular weight excluding hydrogens is 371 g/mol. The number of amides is 1. The Bertz CT molecular complexity index is 804. The third-order valence-corrected chi connectivity index (χ3v) is 5.14. The third-order valence-electron chi connectivity index (χ3n) is 5.14. The number of alkyl halides is 3. The topological polar surface area (TPSA) is 58.6 Å². The number of hydrogen-bond donors (Lipinski definition) is 2. The zero-order valence-corrected chi connectivity index (χ0v) is 15.2. The zero-order chi connectivity index (χ0) is 20.2. The standard InChI is InChI=1S/C21H22F3NO3/c22-21(23,24)18-8-4-5-15(13-18)19(26)25-14-20(27,16-6-2-1-3-7-16)17-9-11-28-12-10-17/h1-8,13,17,27H,9-12,14H2,(H,25,26)/t20-/m1/s1. The number of ether oxygens (including phenoxy) is 1. The van der Waals surface area contributed by atoms with Crippen LogP contribution in [0.5, 0.6) is 0 Å². The van der Waals surface area contributed by atoms with Crippen molar-refractivity contribution in [3.05, 3.63) is 71.3 Å². The molecule has 4 nitrogen and oxygen atoms in total. The number of halogens is 3. The van der Waals surface area contributed by atoms with Gasteiger partial charge >= 0.3 is 6.18 Å². The van der Waals surface area contributed by atoms with Crippen LogP contribution < -0.4 is 5.32 Å². The van der Waals surface area contributed by atoms with Crippen LogP contribution in [0.15, 0.2) is 54.6 Å². The molecule has 150 valence electrons. The Hall–Kier alpha value is -2.38. The highest BCUT2D eigenvalue weighted by Gasteiger charge is 2.39. The van der Waals surface area contributed by atoms with E-state index < -0.39 is 23.2 Å². The molecule has 0 aliphatic carbocycles. The Morgan fingerprint density at radius 2 is 1.68 bits per heavy atom. The highest BCUT2D eigenvalue weighted by molar-refractivity contribution is 5.94. The van der Waals surface area contributed by atoms with Gasteiger partial charge in [-0.2, -0.15) is 13.2 Å². The van der Waals surface area contributed by atoms with E-state index in [0.29, 0.717) is 31.6 Å². The predicted octanol–water partition coefficient (Wildman–Crippen LogP) is 3.75. The second-order valence-electron chi connectivity index (χ2n) is 6.94. The summed E-state index contributed by atoms with van der Waals surface area (Å²) in [5.41, 5.74) is -1.66. The van der Waals surface area contributed by atoms with Crippen LogP contribution in [0.1, 0.15) is 34.3 Å². The van der Waals surface area contributed by atoms with Crippen molar-refractivity contribution >= 4 is 5.91 Å². The molecular formula is C21H22F3NO3. The van der Waals surface area contributed by atoms with Crippen molar-refractivity contribution in [1.29, 1.82) is 0 Å². The largest absolute Gasteiger partial charge is 0.416 e. The maximum atomic E-state index is 12.9. The van der Waals surface area contributed by atoms with Gasteiger partial charge < -0.3 is 15.2 Å². The minimum absolute atomic E-state index is 0.0998. The van der Waals surface area contributed by atoms with Crippen LogP contribution in [0.25, 0.3) is 0 Å². The van der Waals surface area contributed by atoms with Crippen molar-refractivity contribution in [2.75, 3.05) is 19.8 Å². The Labute approximate surface area is 161 Å². The molecule has 1 fully saturated rings. The van der Waals surface area contributed by atoms with Crippen LogP contribution in [0, 0.1) is 5.92 Å². The lowest BCUT2D eigenvalue weighted by Crippen LogP contribution is -2.47. The van der Waals surface area contributed by atoms with Crippen LogP contribution in [-0.2, 0) is 16.5 Å². The summed E-state index contributed by atoms with van der Waals surface area (Å²) < 4.78 is 44.0. The Morgan fingerprint density at radius 3 is 2.32 bits per heavy atom. The fraction of sp³-hybridized carbons (Fsp3) is 0.381. The average molecular weight is 393 g/mol. The maximum absolute atomic E-state index is 12.9. The van der Waals surface area contributed by atoms with Gasteiger partial charge in [-0.25, -0.2) is 0 Å². The quantitative estimate of drug-likeness (QED) is 0.814. The van der Waals surface area contributed by atoms with Gasteiger partial charge in [0.15, 0.2) is 0 Å². The molecule has 1 heterocycles. The number of nitrogens with one attached hydrogen (secondary N) is 1. The highest BCUT2D eigenvalue weighted by Crippen LogP contribution is 2.36. The molecule has 1 amide bonds. The molecule has 1 saturated heterocycles. The van der Waals surface area contributed by atoms with E-state index >= 15 is 0 Å². The van der Waals surface area contributed by atoms with Gasteiger partial charge in [-0.3, -0.25) is 4.79 Å². The molecule has 1 aliphatic heterocycles. The fourth-order valence-electron chi connectivity index (χ4n) is 3.54. The first-order valence-electron chi connectivity index (χ1n) is 9.12. The van der Waals surface area contributed by atoms with Gasteiger partial charge in [0.2, 0.25) is 0 Å². The summed E-state index contributed by atoms with van der Waals surface area (Å²) in [4.78, 5) is 12.5. The van der Waals surface area contributed by atoms with Crippen LogP contribution in [0.4, 0.5) is 13.2 Å². The molecule has 0 radical (unpaired) electrons. The minimum Gasteiger partial charge on any atom is -0.383 e. The third kappa shape index (κ3) is 4.54. The summed E-state index contributed by atoms with van der Waals surface area (Å²) in [6, 6.07) is 13.2. The van der Waals surface area contributed by atoms with E-state index in [2.05, 4.69) is 5.32 Å². The van der Waals surface area contributed by atoms with E-state index in [1.165, 1.54) is 12.1 Å². The smallest absolute Gasteiger partial charge is 0.383 e. The van der Waals surface area contributed by atoms with E-state index in [1.807, 2.05) is 6.07 Å². The summed E-state index contributed by atoms with van der Waals surface area (Å²) in [5.74, 6) is -0.794. The molecule has 2 aromatic carbocycles. The molecule has 0 saturated carbocycles. The Balaban J connectivity index is 1.79. The van der Waals surface area contributed by atoms with Gasteiger partial charge in [-0.1, -0.05) is 36.4 Å². The molecule has 2 N–H and O–H groups in total. The van der Waals surface area contributed by atoms with Crippen molar-refractivity contribution in [2.45, 2.75) is 24.6 Å². The molecule has 0 spiro atoms. The Morgan fingerprint density at radius 1 is 1.04 bits per heavy atom. The molecule has 1 aliphatic rings. The first-order valence-corrected chi connectivity index (χ1v) is 9.12. The van der Waals surface area contributed by atoms with Crippen LogP contribution in [0.2, 0.25) is 0 Å². The van der Waals surface area contributed by atoms with Gasteiger partial charge in [0.05, 0.1) is 12.1 Å². The fourth-order valence-corrected chi connectivity index (χ4v) is 3.54. The van der Waals surface area contributed by atoms with E-state index in [-0.39, 0.29) is 18.0 Å². The van der Waals surface area contributed by atoms with Crippen molar-refractivity contribution in [3.8, 4) is 0 Å². The van der Waals surface area contributed by atoms with Gasteiger partial charge in [0.1, 0.15) is 5.60 Å². The van der Waals surface area contributed by atoms with Crippen molar-refractivity contribution < 1.29 is 27.8 Å². The highest BCUT2D eigenvalue weighted by atomic mass is 19.4. The van der Waals surface area contributed by atoms with Crippen LogP contribution in [-0.4, -0.2) is 30.8 Å². The van der Waals surface area contributed by atoms with Gasteiger partial charge in [0.25, 0.3) is 5.91 Å². The number of hydrogen-bond acceptors (Lipinski definition) is 3. The SMILES string of the molecule is O=C(NC[C@@](O)(c1ccccc1)C1CCOCC1)c1cccc(C(F)(F)F)c1. The predicted molar refractivity (Wildman–Crippen MR) is 97.7 cm³/mol. The molecule has 3 rings (SSSR count). The summed E-state index contributed by atoms with van der Waals surface area (Å²) in [6.07, 6.45) is -3.27. The number of aliphatic hydroxyl groups is 1. The number of benzene rings is 2. The monoisotopic (exact) mass is 393 g/mol. The van der Waals surface area contributed by atoms with Gasteiger partial charge in [-0.05, 0) is 42.5 Å². The normalized spacial score (nSPS) is 17.7. The summed E-state index contributed by atoms with van der Waals surface area (Å²) in [7, 11) is 0. The first kappa shape index (κ1) is 20.4. The minimum atomic E-state index is -4.52. The van der Waals surface area contributed by atoms with Crippen LogP contribution in [0.3, 0.4) is 0 Å². The maximum Gasteiger partial charge on any atom is 0.416 e. The van der Waals surface area contributed by atoms with Gasteiger partial charge in [0, 0.05) is 18.8 Å². The van der Waals surface area contributed by atoms with E-state index in [4.69, 9.17) is 4.74 Å². The zero-order valence-electron chi connectivity index (χ0n) is 15.2. The number of rotatable bonds is 5. The summed E-state index contributed by atoms with van der Waals surface area (Å²) in [5, 5.41) is 14.1. The lowest BCUT2D eigenvalue weighted by atomic mass is 9.77. The lowest BCUT2D eigenvalue weighted by molar-refractivity contribution is -0.137. The average Bonchev–Trinajstić information content (AvgIpc) is 2.72. The number of carbonyl (C=O) groups excluding carboxylic acids is 1. The van der Waals surface area contributed by atoms with Crippen molar-refractivity contribution in [2.24, 2.45) is 5.92 Å². The van der Waals surface area contributed by atoms with Crippen LogP contribution >= 0.6 is 0 Å². The molecule has 0 bridgehead atoms. The lowest BCUT2D eigenvalue weighted by Gasteiger charge is -2.39. The number of carbonyl (C=O) groups is 1. The van der Waals surface area contributed by atoms with E-state index in [0.717, 1.165) is 12.1 Å². The molecule has 0 unspecified atom stereocenters. The first-order chi connectivity index (χ1) is 13.3. The van der Waals surface area contributed by atoms with Crippen molar-refractivity contribution in [1.82, 2.24) is 5.32 Å². The summed E-state index contributed by atoms with van der Waals surface area (Å²) >= 11 is 0. The van der Waals surface area contributed by atoms with E-state index in [9.17, 15) is 23.1 Å². The second-order valence-corrected chi connectivity index (χ2v) is 6.94. The van der Waals surface area contributed by atoms with E-state index in [1.54, 1.807) is 24.3 Å². The summed E-state index contributed by atoms with van der Waals surface area (Å²) in [6.45, 7) is 0.930. The molecule has 0 aromatic heterocycles. The second kappa shape index (κ2) is 8.32. The van der Waals surface area contributed by atoms with Crippen molar-refractivity contribution in [3.63, 3.8) is 0 Å².